The van der Waals surface area contributed by atoms with Gasteiger partial charge in [0.05, 0.1) is 0 Å². The number of esters is 1. The number of carboxylic acids is 1. The largest absolute Gasteiger partial charge is 0.478 e. The fourth-order valence-electron chi connectivity index (χ4n) is 2.78. The molecule has 0 unspecified atom stereocenters. The number of nitrogens with two attached hydrogens (primary N) is 1. The molecule has 1 aromatic rings. The summed E-state index contributed by atoms with van der Waals surface area (Å²) in [6, 6.07) is 6.68. The molecule has 0 radical (unpaired) electrons. The van der Waals surface area contributed by atoms with Gasteiger partial charge in [0, 0.05) is 25.6 Å². The summed E-state index contributed by atoms with van der Waals surface area (Å²) >= 11 is 0. The lowest BCUT2D eigenvalue weighted by atomic mass is 9.92. The van der Waals surface area contributed by atoms with Crippen LogP contribution < -0.4 is 10.5 Å². The minimum absolute atomic E-state index is 0.111. The predicted molar refractivity (Wildman–Crippen MR) is 94.2 cm³/mol. The number of aliphatic carboxylic acids is 1. The van der Waals surface area contributed by atoms with Gasteiger partial charge in [0.2, 0.25) is 0 Å². The van der Waals surface area contributed by atoms with E-state index in [-0.39, 0.29) is 11.9 Å². The van der Waals surface area contributed by atoms with Crippen molar-refractivity contribution in [2.24, 2.45) is 11.7 Å². The molecular weight excluding hydrogens is 322 g/mol. The Hall–Kier alpha value is -2.83. The second-order valence-corrected chi connectivity index (χ2v) is 6.07. The average Bonchev–Trinajstić information content (AvgIpc) is 2.59. The van der Waals surface area contributed by atoms with Crippen LogP contribution in [-0.2, 0) is 9.59 Å². The number of ether oxygens (including phenoxy) is 1. The van der Waals surface area contributed by atoms with Gasteiger partial charge in [-0.15, -0.1) is 0 Å². The molecule has 1 aliphatic rings. The van der Waals surface area contributed by atoms with Crippen molar-refractivity contribution in [3.8, 4) is 5.75 Å². The molecule has 2 rings (SSSR count). The summed E-state index contributed by atoms with van der Waals surface area (Å²) in [5.74, 6) is -0.275. The zero-order valence-corrected chi connectivity index (χ0v) is 14.0. The Morgan fingerprint density at radius 2 is 1.92 bits per heavy atom. The average molecular weight is 345 g/mol. The lowest BCUT2D eigenvalue weighted by Crippen LogP contribution is -2.42. The fraction of sp³-hybridized carbons (Fsp3) is 0.389. The summed E-state index contributed by atoms with van der Waals surface area (Å²) in [4.78, 5) is 24.3. The third-order valence-electron chi connectivity index (χ3n) is 4.24. The molecule has 1 aromatic carbocycles. The quantitative estimate of drug-likeness (QED) is 0.239. The molecule has 0 aromatic heterocycles. The number of carboxylic acid groups (broad SMARTS) is 1. The Morgan fingerprint density at radius 1 is 1.28 bits per heavy atom. The highest BCUT2D eigenvalue weighted by Gasteiger charge is 2.20. The number of piperidine rings is 1. The lowest BCUT2D eigenvalue weighted by Gasteiger charge is -2.31. The molecule has 0 aliphatic carbocycles. The van der Waals surface area contributed by atoms with E-state index in [9.17, 15) is 9.59 Å². The molecule has 0 saturated carbocycles. The summed E-state index contributed by atoms with van der Waals surface area (Å²) < 4.78 is 5.30. The zero-order valence-electron chi connectivity index (χ0n) is 14.0. The first-order valence-corrected chi connectivity index (χ1v) is 8.25. The zero-order chi connectivity index (χ0) is 18.2. The van der Waals surface area contributed by atoms with Crippen molar-refractivity contribution in [3.63, 3.8) is 0 Å². The molecule has 7 nitrogen and oxygen atoms in total. The van der Waals surface area contributed by atoms with Gasteiger partial charge in [-0.25, -0.2) is 4.79 Å². The lowest BCUT2D eigenvalue weighted by molar-refractivity contribution is -0.135. The van der Waals surface area contributed by atoms with E-state index in [2.05, 4.69) is 0 Å². The van der Waals surface area contributed by atoms with Gasteiger partial charge >= 0.3 is 11.9 Å². The number of rotatable bonds is 6. The van der Waals surface area contributed by atoms with Crippen LogP contribution in [0.4, 0.5) is 0 Å². The standard InChI is InChI=1S/C18H23N3O4/c19-18(20)21-11-9-14(10-12-21)4-8-17(24)25-15-5-1-13(2-6-15)3-7-16(22)23/h1-3,5-7,14H,4,8-12H2,(H3,19,20)(H,22,23). The number of nitrogens with zero attached hydrogens (tertiary/aromatic N) is 1. The Labute approximate surface area is 146 Å². The number of carbonyl (C=O) groups is 2. The molecule has 134 valence electrons. The highest BCUT2D eigenvalue weighted by molar-refractivity contribution is 5.85. The Morgan fingerprint density at radius 3 is 2.48 bits per heavy atom. The number of likely N-dealkylation sites (tertiary alicyclic amines) is 1. The van der Waals surface area contributed by atoms with Crippen molar-refractivity contribution >= 4 is 24.0 Å². The summed E-state index contributed by atoms with van der Waals surface area (Å²) in [5, 5.41) is 16.0. The maximum Gasteiger partial charge on any atom is 0.328 e. The summed E-state index contributed by atoms with van der Waals surface area (Å²) in [5.41, 5.74) is 6.19. The van der Waals surface area contributed by atoms with Crippen molar-refractivity contribution in [2.45, 2.75) is 25.7 Å². The van der Waals surface area contributed by atoms with E-state index in [1.807, 2.05) is 4.90 Å². The van der Waals surface area contributed by atoms with E-state index in [4.69, 9.17) is 21.0 Å². The molecule has 0 atom stereocenters. The van der Waals surface area contributed by atoms with Gasteiger partial charge in [0.1, 0.15) is 5.75 Å². The van der Waals surface area contributed by atoms with E-state index in [0.29, 0.717) is 18.1 Å². The van der Waals surface area contributed by atoms with Crippen molar-refractivity contribution in [1.82, 2.24) is 4.90 Å². The molecule has 1 heterocycles. The second kappa shape index (κ2) is 8.86. The van der Waals surface area contributed by atoms with Crippen molar-refractivity contribution in [1.29, 1.82) is 5.41 Å². The first-order valence-electron chi connectivity index (χ1n) is 8.25. The number of hydrogen-bond donors (Lipinski definition) is 3. The predicted octanol–water partition coefficient (Wildman–Crippen LogP) is 2.08. The molecule has 1 fully saturated rings. The molecule has 7 heteroatoms. The van der Waals surface area contributed by atoms with Crippen LogP contribution in [0.3, 0.4) is 0 Å². The van der Waals surface area contributed by atoms with Gasteiger partial charge < -0.3 is 20.5 Å². The topological polar surface area (TPSA) is 117 Å². The SMILES string of the molecule is N=C(N)N1CCC(CCC(=O)Oc2ccc(C=CC(=O)O)cc2)CC1. The van der Waals surface area contributed by atoms with E-state index >= 15 is 0 Å². The number of hydrogen-bond acceptors (Lipinski definition) is 4. The van der Waals surface area contributed by atoms with Crippen LogP contribution in [0.15, 0.2) is 30.3 Å². The van der Waals surface area contributed by atoms with Gasteiger partial charge in [0.15, 0.2) is 5.96 Å². The number of benzene rings is 1. The normalized spacial score (nSPS) is 15.3. The number of nitrogens with one attached hydrogen (secondary N) is 1. The Balaban J connectivity index is 1.73. The summed E-state index contributed by atoms with van der Waals surface area (Å²) in [6.07, 6.45) is 5.50. The molecule has 0 spiro atoms. The van der Waals surface area contributed by atoms with Crippen molar-refractivity contribution in [3.05, 3.63) is 35.9 Å². The van der Waals surface area contributed by atoms with E-state index in [1.54, 1.807) is 24.3 Å². The van der Waals surface area contributed by atoms with Crippen molar-refractivity contribution < 1.29 is 19.4 Å². The van der Waals surface area contributed by atoms with Gasteiger partial charge in [-0.3, -0.25) is 10.2 Å². The molecular formula is C18H23N3O4. The number of guanidine groups is 1. The Bertz CT molecular complexity index is 647. The molecule has 25 heavy (non-hydrogen) atoms. The summed E-state index contributed by atoms with van der Waals surface area (Å²) in [7, 11) is 0. The van der Waals surface area contributed by atoms with Gasteiger partial charge in [-0.2, -0.15) is 0 Å². The van der Waals surface area contributed by atoms with Gasteiger partial charge in [0.25, 0.3) is 0 Å². The molecule has 4 N–H and O–H groups in total. The van der Waals surface area contributed by atoms with Crippen molar-refractivity contribution in [2.75, 3.05) is 13.1 Å². The maximum absolute atomic E-state index is 11.9. The van der Waals surface area contributed by atoms with E-state index in [1.165, 1.54) is 6.08 Å². The van der Waals surface area contributed by atoms with Crippen LogP contribution in [0.1, 0.15) is 31.2 Å². The van der Waals surface area contributed by atoms with Gasteiger partial charge in [-0.1, -0.05) is 12.1 Å². The van der Waals surface area contributed by atoms with E-state index in [0.717, 1.165) is 44.0 Å². The van der Waals surface area contributed by atoms with Crippen LogP contribution in [0.2, 0.25) is 0 Å². The summed E-state index contributed by atoms with van der Waals surface area (Å²) in [6.45, 7) is 1.53. The second-order valence-electron chi connectivity index (χ2n) is 6.07. The van der Waals surface area contributed by atoms with Crippen LogP contribution in [-0.4, -0.2) is 41.0 Å². The molecule has 1 aliphatic heterocycles. The highest BCUT2D eigenvalue weighted by atomic mass is 16.5. The smallest absolute Gasteiger partial charge is 0.328 e. The first kappa shape index (κ1) is 18.5. The molecule has 0 bridgehead atoms. The number of carbonyl (C=O) groups excluding carboxylic acids is 1. The van der Waals surface area contributed by atoms with E-state index < -0.39 is 5.97 Å². The Kier molecular flexibility index (Phi) is 6.56. The van der Waals surface area contributed by atoms with Gasteiger partial charge in [-0.05, 0) is 49.0 Å². The van der Waals surface area contributed by atoms with Crippen LogP contribution in [0.5, 0.6) is 5.75 Å². The molecule has 0 amide bonds. The third-order valence-corrected chi connectivity index (χ3v) is 4.24. The fourth-order valence-corrected chi connectivity index (χ4v) is 2.78. The highest BCUT2D eigenvalue weighted by Crippen LogP contribution is 2.22. The monoisotopic (exact) mass is 345 g/mol. The minimum Gasteiger partial charge on any atom is -0.478 e. The van der Waals surface area contributed by atoms with Crippen LogP contribution in [0, 0.1) is 11.3 Å². The van der Waals surface area contributed by atoms with Crippen LogP contribution >= 0.6 is 0 Å². The molecule has 1 saturated heterocycles. The first-order chi connectivity index (χ1) is 11.9. The van der Waals surface area contributed by atoms with Crippen LogP contribution in [0.25, 0.3) is 6.08 Å². The minimum atomic E-state index is -1.01. The third kappa shape index (κ3) is 6.29. The maximum atomic E-state index is 11.9.